The summed E-state index contributed by atoms with van der Waals surface area (Å²) in [7, 11) is 0. The number of H-pyrrole nitrogens is 1. The van der Waals surface area contributed by atoms with Gasteiger partial charge in [0, 0.05) is 30.6 Å². The quantitative estimate of drug-likeness (QED) is 0.316. The second kappa shape index (κ2) is 10.4. The summed E-state index contributed by atoms with van der Waals surface area (Å²) < 4.78 is 5.38. The van der Waals surface area contributed by atoms with Crippen molar-refractivity contribution in [2.45, 2.75) is 24.2 Å². The molecule has 9 nitrogen and oxygen atoms in total. The molecule has 4 rings (SSSR count). The molecule has 3 aromatic heterocycles. The monoisotopic (exact) mass is 469 g/mol. The molecule has 0 fully saturated rings. The van der Waals surface area contributed by atoms with Crippen LogP contribution in [0.3, 0.4) is 0 Å². The number of rotatable bonds is 8. The number of nitrogens with one attached hydrogen (secondary N) is 3. The number of imidazole rings is 1. The molecule has 3 N–H and O–H groups in total. The van der Waals surface area contributed by atoms with Gasteiger partial charge in [-0.25, -0.2) is 9.97 Å². The van der Waals surface area contributed by atoms with Crippen molar-refractivity contribution in [2.24, 2.45) is 0 Å². The van der Waals surface area contributed by atoms with Crippen LogP contribution in [0.4, 0.5) is 11.5 Å². The van der Waals surface area contributed by atoms with Crippen molar-refractivity contribution in [1.82, 2.24) is 15.0 Å². The first kappa shape index (κ1) is 22.6. The second-order valence-corrected chi connectivity index (χ2v) is 8.09. The highest BCUT2D eigenvalue weighted by atomic mass is 32.2. The molecule has 0 saturated carbocycles. The van der Waals surface area contributed by atoms with Crippen LogP contribution in [0.25, 0.3) is 11.1 Å². The lowest BCUT2D eigenvalue weighted by molar-refractivity contribution is -0.114. The molecule has 168 valence electrons. The predicted octanol–water partition coefficient (Wildman–Crippen LogP) is 4.67. The van der Waals surface area contributed by atoms with Crippen molar-refractivity contribution in [3.63, 3.8) is 0 Å². The molecule has 34 heavy (non-hydrogen) atoms. The van der Waals surface area contributed by atoms with E-state index in [0.717, 1.165) is 5.82 Å². The molecule has 0 saturated heterocycles. The van der Waals surface area contributed by atoms with Crippen LogP contribution < -0.4 is 10.6 Å². The molecule has 0 bridgehead atoms. The number of aromatic amines is 1. The summed E-state index contributed by atoms with van der Waals surface area (Å²) in [5.41, 5.74) is 2.29. The van der Waals surface area contributed by atoms with Gasteiger partial charge in [-0.2, -0.15) is 10.5 Å². The summed E-state index contributed by atoms with van der Waals surface area (Å²) in [5.74, 6) is 2.06. The Morgan fingerprint density at radius 1 is 1.18 bits per heavy atom. The van der Waals surface area contributed by atoms with Gasteiger partial charge in [-0.1, -0.05) is 23.9 Å². The summed E-state index contributed by atoms with van der Waals surface area (Å²) in [5, 5.41) is 26.5. The van der Waals surface area contributed by atoms with Crippen LogP contribution in [-0.4, -0.2) is 20.9 Å². The Morgan fingerprint density at radius 3 is 2.59 bits per heavy atom. The third kappa shape index (κ3) is 5.09. The SMILES string of the molecule is CC(=O)Nc1ccc(-c2c(C#N)c(NCc3ccco3)nc(SCc3ncc[nH]3)c2C#N)cc1. The van der Waals surface area contributed by atoms with Gasteiger partial charge in [-0.05, 0) is 29.8 Å². The van der Waals surface area contributed by atoms with Gasteiger partial charge in [-0.15, -0.1) is 0 Å². The standard InChI is InChI=1S/C24H19N7O2S/c1-15(32)30-17-6-4-16(5-7-17)22-19(11-25)23(29-13-18-3-2-10-33-18)31-24(20(22)12-26)34-14-21-27-8-9-28-21/h2-10H,13-14H2,1H3,(H,27,28)(H,29,31)(H,30,32). The maximum Gasteiger partial charge on any atom is 0.221 e. The van der Waals surface area contributed by atoms with Gasteiger partial charge < -0.3 is 20.0 Å². The molecule has 0 aliphatic carbocycles. The van der Waals surface area contributed by atoms with E-state index in [0.29, 0.717) is 51.3 Å². The largest absolute Gasteiger partial charge is 0.467 e. The highest BCUT2D eigenvalue weighted by molar-refractivity contribution is 7.98. The van der Waals surface area contributed by atoms with Crippen molar-refractivity contribution < 1.29 is 9.21 Å². The van der Waals surface area contributed by atoms with Gasteiger partial charge in [0.05, 0.1) is 24.1 Å². The van der Waals surface area contributed by atoms with Gasteiger partial charge in [0.2, 0.25) is 5.91 Å². The number of carbonyl (C=O) groups is 1. The molecule has 1 amide bonds. The minimum atomic E-state index is -0.187. The number of carbonyl (C=O) groups excluding carboxylic acids is 1. The lowest BCUT2D eigenvalue weighted by Gasteiger charge is -2.16. The van der Waals surface area contributed by atoms with Gasteiger partial charge in [-0.3, -0.25) is 4.79 Å². The van der Waals surface area contributed by atoms with Gasteiger partial charge in [0.15, 0.2) is 0 Å². The first-order valence-electron chi connectivity index (χ1n) is 10.2. The average molecular weight is 470 g/mol. The Labute approximate surface area is 199 Å². The predicted molar refractivity (Wildman–Crippen MR) is 128 cm³/mol. The molecule has 0 spiro atoms. The van der Waals surface area contributed by atoms with Crippen LogP contribution >= 0.6 is 11.8 Å². The molecule has 0 aliphatic heterocycles. The maximum absolute atomic E-state index is 11.4. The fraction of sp³-hybridized carbons (Fsp3) is 0.125. The molecule has 10 heteroatoms. The lowest BCUT2D eigenvalue weighted by atomic mass is 9.96. The fourth-order valence-electron chi connectivity index (χ4n) is 3.32. The van der Waals surface area contributed by atoms with Crippen molar-refractivity contribution in [2.75, 3.05) is 10.6 Å². The number of aromatic nitrogens is 3. The molecule has 0 unspecified atom stereocenters. The van der Waals surface area contributed by atoms with Gasteiger partial charge in [0.25, 0.3) is 0 Å². The number of hydrogen-bond donors (Lipinski definition) is 3. The number of pyridine rings is 1. The van der Waals surface area contributed by atoms with Crippen LogP contribution in [0.1, 0.15) is 29.6 Å². The first-order chi connectivity index (χ1) is 16.6. The number of nitriles is 2. The Balaban J connectivity index is 1.79. The summed E-state index contributed by atoms with van der Waals surface area (Å²) >= 11 is 1.35. The minimum absolute atomic E-state index is 0.187. The number of amides is 1. The third-order valence-corrected chi connectivity index (χ3v) is 5.78. The molecular weight excluding hydrogens is 450 g/mol. The van der Waals surface area contributed by atoms with Crippen molar-refractivity contribution in [3.8, 4) is 23.3 Å². The van der Waals surface area contributed by atoms with Crippen molar-refractivity contribution in [1.29, 1.82) is 10.5 Å². The van der Waals surface area contributed by atoms with Crippen LogP contribution in [-0.2, 0) is 17.1 Å². The zero-order valence-corrected chi connectivity index (χ0v) is 18.9. The summed E-state index contributed by atoms with van der Waals surface area (Å²) in [6.45, 7) is 1.75. The fourth-order valence-corrected chi connectivity index (χ4v) is 4.20. The lowest BCUT2D eigenvalue weighted by Crippen LogP contribution is -2.08. The molecule has 0 atom stereocenters. The van der Waals surface area contributed by atoms with Crippen LogP contribution in [0.5, 0.6) is 0 Å². The van der Waals surface area contributed by atoms with Crippen LogP contribution in [0, 0.1) is 22.7 Å². The summed E-state index contributed by atoms with van der Waals surface area (Å²) in [4.78, 5) is 23.2. The molecule has 0 aliphatic rings. The second-order valence-electron chi connectivity index (χ2n) is 7.13. The first-order valence-corrected chi connectivity index (χ1v) is 11.2. The number of hydrogen-bond acceptors (Lipinski definition) is 8. The zero-order valence-electron chi connectivity index (χ0n) is 18.1. The van der Waals surface area contributed by atoms with E-state index in [1.807, 2.05) is 6.07 Å². The van der Waals surface area contributed by atoms with E-state index in [-0.39, 0.29) is 11.5 Å². The molecule has 0 radical (unpaired) electrons. The minimum Gasteiger partial charge on any atom is -0.467 e. The summed E-state index contributed by atoms with van der Waals surface area (Å²) in [6.07, 6.45) is 4.96. The van der Waals surface area contributed by atoms with Crippen molar-refractivity contribution >= 4 is 29.2 Å². The van der Waals surface area contributed by atoms with E-state index in [1.165, 1.54) is 18.7 Å². The van der Waals surface area contributed by atoms with E-state index >= 15 is 0 Å². The van der Waals surface area contributed by atoms with Crippen LogP contribution in [0.15, 0.2) is 64.5 Å². The molecule has 3 heterocycles. The Kier molecular flexibility index (Phi) is 6.92. The van der Waals surface area contributed by atoms with E-state index < -0.39 is 0 Å². The number of anilines is 2. The Bertz CT molecular complexity index is 1290. The van der Waals surface area contributed by atoms with E-state index in [9.17, 15) is 15.3 Å². The van der Waals surface area contributed by atoms with Gasteiger partial charge in [0.1, 0.15) is 40.1 Å². The van der Waals surface area contributed by atoms with Gasteiger partial charge >= 0.3 is 0 Å². The number of benzene rings is 1. The number of nitrogens with zero attached hydrogens (tertiary/aromatic N) is 4. The zero-order chi connectivity index (χ0) is 23.9. The Hall–Kier alpha value is -4.54. The normalized spacial score (nSPS) is 10.3. The molecular formula is C24H19N7O2S. The number of thioether (sulfide) groups is 1. The van der Waals surface area contributed by atoms with Crippen molar-refractivity contribution in [3.05, 3.63) is 77.8 Å². The maximum atomic E-state index is 11.4. The van der Waals surface area contributed by atoms with E-state index in [1.54, 1.807) is 49.0 Å². The Morgan fingerprint density at radius 2 is 1.97 bits per heavy atom. The van der Waals surface area contributed by atoms with Crippen LogP contribution in [0.2, 0.25) is 0 Å². The highest BCUT2D eigenvalue weighted by Gasteiger charge is 2.22. The number of furan rings is 1. The molecule has 1 aromatic carbocycles. The average Bonchev–Trinajstić information content (AvgIpc) is 3.55. The molecule has 4 aromatic rings. The van der Waals surface area contributed by atoms with E-state index in [4.69, 9.17) is 4.42 Å². The smallest absolute Gasteiger partial charge is 0.221 e. The third-order valence-electron chi connectivity index (χ3n) is 4.79. The highest BCUT2D eigenvalue weighted by Crippen LogP contribution is 2.37. The topological polar surface area (TPSA) is 143 Å². The summed E-state index contributed by atoms with van der Waals surface area (Å²) in [6, 6.07) is 15.0. The van der Waals surface area contributed by atoms with E-state index in [2.05, 4.69) is 37.7 Å².